The summed E-state index contributed by atoms with van der Waals surface area (Å²) in [5.41, 5.74) is 5.33. The summed E-state index contributed by atoms with van der Waals surface area (Å²) in [6.07, 6.45) is 42.0. The van der Waals surface area contributed by atoms with Gasteiger partial charge in [-0.1, -0.05) is 147 Å². The van der Waals surface area contributed by atoms with Gasteiger partial charge in [0.2, 0.25) is 0 Å². The number of ether oxygens (including phenoxy) is 2. The summed E-state index contributed by atoms with van der Waals surface area (Å²) in [4.78, 5) is 45.9. The lowest BCUT2D eigenvalue weighted by atomic mass is 10.1. The number of rotatable bonds is 41. The summed E-state index contributed by atoms with van der Waals surface area (Å²) in [5, 5.41) is 8.89. The molecule has 0 spiro atoms. The van der Waals surface area contributed by atoms with Crippen LogP contribution < -0.4 is 5.73 Å². The van der Waals surface area contributed by atoms with E-state index in [0.717, 1.165) is 70.6 Å². The van der Waals surface area contributed by atoms with E-state index < -0.39 is 51.1 Å². The van der Waals surface area contributed by atoms with Crippen molar-refractivity contribution in [3.05, 3.63) is 36.5 Å². The predicted molar refractivity (Wildman–Crippen MR) is 226 cm³/mol. The van der Waals surface area contributed by atoms with Crippen LogP contribution in [-0.4, -0.2) is 59.9 Å². The zero-order valence-corrected chi connectivity index (χ0v) is 36.1. The van der Waals surface area contributed by atoms with Crippen molar-refractivity contribution in [2.24, 2.45) is 5.73 Å². The fourth-order valence-electron chi connectivity index (χ4n) is 5.85. The number of carbonyl (C=O) groups is 3. The second kappa shape index (κ2) is 39.5. The third-order valence-corrected chi connectivity index (χ3v) is 10.3. The van der Waals surface area contributed by atoms with Gasteiger partial charge in [0.05, 0.1) is 13.2 Å². The summed E-state index contributed by atoms with van der Waals surface area (Å²) >= 11 is 0. The normalized spacial score (nSPS) is 14.1. The Morgan fingerprint density at radius 1 is 0.554 bits per heavy atom. The molecule has 0 saturated carbocycles. The number of carboxylic acids is 1. The molecule has 56 heavy (non-hydrogen) atoms. The largest absolute Gasteiger partial charge is 0.480 e. The molecule has 0 rings (SSSR count). The van der Waals surface area contributed by atoms with Crippen molar-refractivity contribution in [3.8, 4) is 0 Å². The SMILES string of the molecule is CCCCC/C=C/C/C=C/CCCCCCCCCCCC(=O)O[C@@H](COC(=O)CCCCCCC/C=C/CCCCCC)COP(=O)(O)OC[C@H](N)C(=O)O. The Labute approximate surface area is 340 Å². The van der Waals surface area contributed by atoms with E-state index in [1.807, 2.05) is 0 Å². The minimum atomic E-state index is -4.72. The summed E-state index contributed by atoms with van der Waals surface area (Å²) in [6.45, 7) is 2.75. The van der Waals surface area contributed by atoms with E-state index in [1.165, 1.54) is 83.5 Å². The quantitative estimate of drug-likeness (QED) is 0.0232. The van der Waals surface area contributed by atoms with Gasteiger partial charge in [-0.25, -0.2) is 4.57 Å². The first-order valence-electron chi connectivity index (χ1n) is 22.0. The highest BCUT2D eigenvalue weighted by Gasteiger charge is 2.28. The van der Waals surface area contributed by atoms with Gasteiger partial charge in [-0.2, -0.15) is 0 Å². The van der Waals surface area contributed by atoms with Crippen molar-refractivity contribution in [2.45, 2.75) is 206 Å². The molecule has 0 radical (unpaired) electrons. The van der Waals surface area contributed by atoms with E-state index in [2.05, 4.69) is 54.8 Å². The first-order valence-corrected chi connectivity index (χ1v) is 23.5. The molecule has 0 aliphatic rings. The molecule has 0 aromatic carbocycles. The van der Waals surface area contributed by atoms with E-state index >= 15 is 0 Å². The van der Waals surface area contributed by atoms with Crippen molar-refractivity contribution in [1.82, 2.24) is 0 Å². The first kappa shape index (κ1) is 53.7. The first-order chi connectivity index (χ1) is 27.1. The average molecular weight is 814 g/mol. The Hall–Kier alpha value is -2.30. The zero-order chi connectivity index (χ0) is 41.4. The Bertz CT molecular complexity index is 1100. The lowest BCUT2D eigenvalue weighted by Crippen LogP contribution is -2.34. The lowest BCUT2D eigenvalue weighted by molar-refractivity contribution is -0.161. The molecule has 0 aliphatic carbocycles. The number of esters is 2. The van der Waals surface area contributed by atoms with Crippen LogP contribution in [0.5, 0.6) is 0 Å². The van der Waals surface area contributed by atoms with Crippen LogP contribution in [0.15, 0.2) is 36.5 Å². The molecule has 0 aromatic heterocycles. The molecule has 12 heteroatoms. The molecule has 0 aromatic rings. The molecule has 3 atom stereocenters. The van der Waals surface area contributed by atoms with E-state index in [9.17, 15) is 23.8 Å². The van der Waals surface area contributed by atoms with Gasteiger partial charge in [-0.05, 0) is 70.6 Å². The van der Waals surface area contributed by atoms with Crippen LogP contribution in [0.2, 0.25) is 0 Å². The van der Waals surface area contributed by atoms with Gasteiger partial charge >= 0.3 is 25.7 Å². The van der Waals surface area contributed by atoms with E-state index in [1.54, 1.807) is 0 Å². The van der Waals surface area contributed by atoms with Gasteiger partial charge in [0, 0.05) is 12.8 Å². The van der Waals surface area contributed by atoms with Crippen molar-refractivity contribution >= 4 is 25.7 Å². The number of hydrogen-bond acceptors (Lipinski definition) is 9. The number of phosphoric acid groups is 1. The Kier molecular flexibility index (Phi) is 37.9. The van der Waals surface area contributed by atoms with Crippen LogP contribution in [0.25, 0.3) is 0 Å². The van der Waals surface area contributed by atoms with Crippen LogP contribution in [0.3, 0.4) is 0 Å². The van der Waals surface area contributed by atoms with E-state index in [4.69, 9.17) is 24.8 Å². The smallest absolute Gasteiger partial charge is 0.472 e. The maximum absolute atomic E-state index is 12.6. The minimum Gasteiger partial charge on any atom is -0.480 e. The molecule has 0 bridgehead atoms. The predicted octanol–water partition coefficient (Wildman–Crippen LogP) is 11.6. The van der Waals surface area contributed by atoms with Gasteiger partial charge in [-0.15, -0.1) is 0 Å². The van der Waals surface area contributed by atoms with Crippen LogP contribution in [0.1, 0.15) is 194 Å². The Morgan fingerprint density at radius 2 is 0.946 bits per heavy atom. The van der Waals surface area contributed by atoms with Crippen LogP contribution in [0, 0.1) is 0 Å². The summed E-state index contributed by atoms with van der Waals surface area (Å²) in [6, 6.07) is -1.52. The zero-order valence-electron chi connectivity index (χ0n) is 35.2. The topological polar surface area (TPSA) is 172 Å². The molecule has 1 unspecified atom stereocenters. The summed E-state index contributed by atoms with van der Waals surface area (Å²) in [5.74, 6) is -2.39. The molecule has 0 saturated heterocycles. The standard InChI is InChI=1S/C44H80NO10P/c1-3-5-7-9-11-13-15-17-18-19-20-21-22-24-26-28-30-32-34-36-43(47)55-40(38-53-56(50,51)54-39-41(45)44(48)49)37-52-42(46)35-33-31-29-27-25-23-16-14-12-10-8-6-4-2/h11,13-14,16-18,40-41H,3-10,12,15,19-39,45H2,1-2H3,(H,48,49)(H,50,51)/b13-11+,16-14+,18-17+/t40-,41-/m0/s1. The minimum absolute atomic E-state index is 0.155. The number of aliphatic carboxylic acids is 1. The molecule has 4 N–H and O–H groups in total. The van der Waals surface area contributed by atoms with Crippen molar-refractivity contribution in [2.75, 3.05) is 19.8 Å². The van der Waals surface area contributed by atoms with Crippen molar-refractivity contribution < 1.29 is 47.5 Å². The number of allylic oxidation sites excluding steroid dienone is 6. The van der Waals surface area contributed by atoms with Gasteiger partial charge in [0.1, 0.15) is 12.6 Å². The molecular weight excluding hydrogens is 733 g/mol. The average Bonchev–Trinajstić information content (AvgIpc) is 3.17. The fourth-order valence-corrected chi connectivity index (χ4v) is 6.63. The van der Waals surface area contributed by atoms with Crippen LogP contribution in [-0.2, 0) is 37.5 Å². The summed E-state index contributed by atoms with van der Waals surface area (Å²) in [7, 11) is -4.72. The number of phosphoric ester groups is 1. The number of unbranched alkanes of at least 4 members (excludes halogenated alkanes) is 21. The second-order valence-corrected chi connectivity index (χ2v) is 16.3. The molecule has 0 fully saturated rings. The van der Waals surface area contributed by atoms with E-state index in [0.29, 0.717) is 12.8 Å². The van der Waals surface area contributed by atoms with Crippen molar-refractivity contribution in [1.29, 1.82) is 0 Å². The highest BCUT2D eigenvalue weighted by atomic mass is 31.2. The second-order valence-electron chi connectivity index (χ2n) is 14.8. The molecule has 0 heterocycles. The maximum Gasteiger partial charge on any atom is 0.472 e. The molecule has 326 valence electrons. The third kappa shape index (κ3) is 38.6. The monoisotopic (exact) mass is 814 g/mol. The highest BCUT2D eigenvalue weighted by Crippen LogP contribution is 2.43. The van der Waals surface area contributed by atoms with Gasteiger partial charge < -0.3 is 25.2 Å². The molecule has 0 amide bonds. The number of carboxylic acid groups (broad SMARTS) is 1. The molecule has 11 nitrogen and oxygen atoms in total. The van der Waals surface area contributed by atoms with Crippen LogP contribution >= 0.6 is 7.82 Å². The highest BCUT2D eigenvalue weighted by molar-refractivity contribution is 7.47. The number of carbonyl (C=O) groups excluding carboxylic acids is 2. The van der Waals surface area contributed by atoms with Gasteiger partial charge in [0.25, 0.3) is 0 Å². The maximum atomic E-state index is 12.6. The summed E-state index contributed by atoms with van der Waals surface area (Å²) < 4.78 is 32.7. The number of nitrogens with two attached hydrogens (primary N) is 1. The Balaban J connectivity index is 4.35. The van der Waals surface area contributed by atoms with E-state index in [-0.39, 0.29) is 19.4 Å². The fraction of sp³-hybridized carbons (Fsp3) is 0.795. The lowest BCUT2D eigenvalue weighted by Gasteiger charge is -2.20. The van der Waals surface area contributed by atoms with Gasteiger partial charge in [-0.3, -0.25) is 23.4 Å². The Morgan fingerprint density at radius 3 is 1.45 bits per heavy atom. The molecular formula is C44H80NO10P. The van der Waals surface area contributed by atoms with Crippen molar-refractivity contribution in [3.63, 3.8) is 0 Å². The van der Waals surface area contributed by atoms with Crippen LogP contribution in [0.4, 0.5) is 0 Å². The number of hydrogen-bond donors (Lipinski definition) is 3. The third-order valence-electron chi connectivity index (χ3n) is 9.36. The van der Waals surface area contributed by atoms with Gasteiger partial charge in [0.15, 0.2) is 6.10 Å². The molecule has 0 aliphatic heterocycles.